The molecule has 3 fully saturated rings. The molecule has 3 amide bonds. The maximum atomic E-state index is 13.0. The average Bonchev–Trinajstić information content (AvgIpc) is 3.38. The first-order valence-corrected chi connectivity index (χ1v) is 9.58. The molecule has 2 aliphatic carbocycles. The van der Waals surface area contributed by atoms with Gasteiger partial charge in [-0.3, -0.25) is 19.3 Å². The third-order valence-corrected chi connectivity index (χ3v) is 6.42. The van der Waals surface area contributed by atoms with Gasteiger partial charge in [0.15, 0.2) is 0 Å². The van der Waals surface area contributed by atoms with Crippen molar-refractivity contribution >= 4 is 29.1 Å². The lowest BCUT2D eigenvalue weighted by molar-refractivity contribution is -0.123. The van der Waals surface area contributed by atoms with Gasteiger partial charge in [-0.25, -0.2) is 4.39 Å². The zero-order valence-corrected chi connectivity index (χ0v) is 15.1. The summed E-state index contributed by atoms with van der Waals surface area (Å²) in [6.07, 6.45) is 3.09. The molecule has 2 saturated carbocycles. The molecule has 6 heteroatoms. The Labute approximate surface area is 161 Å². The van der Waals surface area contributed by atoms with Crippen LogP contribution in [-0.4, -0.2) is 17.7 Å². The van der Waals surface area contributed by atoms with Crippen molar-refractivity contribution in [3.8, 4) is 0 Å². The number of carbonyl (C=O) groups excluding carboxylic acids is 3. The van der Waals surface area contributed by atoms with E-state index < -0.39 is 0 Å². The van der Waals surface area contributed by atoms with Crippen LogP contribution in [0.3, 0.4) is 0 Å². The first-order chi connectivity index (χ1) is 13.5. The number of nitrogens with zero attached hydrogens (tertiary/aromatic N) is 1. The summed E-state index contributed by atoms with van der Waals surface area (Å²) in [5.74, 6) is -0.529. The molecule has 4 atom stereocenters. The zero-order valence-electron chi connectivity index (χ0n) is 15.1. The summed E-state index contributed by atoms with van der Waals surface area (Å²) in [5, 5.41) is 2.69. The molecule has 0 radical (unpaired) electrons. The number of anilines is 2. The lowest BCUT2D eigenvalue weighted by Crippen LogP contribution is -2.32. The Kier molecular flexibility index (Phi) is 3.82. The van der Waals surface area contributed by atoms with Gasteiger partial charge in [-0.15, -0.1) is 0 Å². The third-order valence-electron chi connectivity index (χ3n) is 6.42. The van der Waals surface area contributed by atoms with Crippen LogP contribution < -0.4 is 10.2 Å². The second-order valence-electron chi connectivity index (χ2n) is 7.90. The lowest BCUT2D eigenvalue weighted by Gasteiger charge is -2.19. The Morgan fingerprint density at radius 2 is 1.46 bits per heavy atom. The molecule has 142 valence electrons. The minimum Gasteiger partial charge on any atom is -0.322 e. The number of halogens is 1. The van der Waals surface area contributed by atoms with Crippen LogP contribution in [0, 0.1) is 29.5 Å². The van der Waals surface area contributed by atoms with E-state index in [1.54, 1.807) is 24.3 Å². The maximum Gasteiger partial charge on any atom is 0.255 e. The van der Waals surface area contributed by atoms with Gasteiger partial charge < -0.3 is 5.32 Å². The zero-order chi connectivity index (χ0) is 19.4. The topological polar surface area (TPSA) is 66.5 Å². The summed E-state index contributed by atoms with van der Waals surface area (Å²) < 4.78 is 13.0. The molecule has 2 aromatic carbocycles. The number of hydrogen-bond donors (Lipinski definition) is 1. The van der Waals surface area contributed by atoms with E-state index in [-0.39, 0.29) is 35.4 Å². The fourth-order valence-electron chi connectivity index (χ4n) is 5.16. The van der Waals surface area contributed by atoms with Crippen LogP contribution in [0.1, 0.15) is 29.6 Å². The van der Waals surface area contributed by atoms with Crippen molar-refractivity contribution < 1.29 is 18.8 Å². The molecular formula is C22H19FN2O3. The van der Waals surface area contributed by atoms with E-state index in [0.717, 1.165) is 19.3 Å². The second-order valence-corrected chi connectivity index (χ2v) is 7.90. The number of rotatable bonds is 3. The summed E-state index contributed by atoms with van der Waals surface area (Å²) in [7, 11) is 0. The molecule has 0 spiro atoms. The summed E-state index contributed by atoms with van der Waals surface area (Å²) in [4.78, 5) is 39.4. The van der Waals surface area contributed by atoms with Gasteiger partial charge in [-0.2, -0.15) is 0 Å². The molecule has 1 saturated heterocycles. The van der Waals surface area contributed by atoms with Crippen LogP contribution in [-0.2, 0) is 9.59 Å². The SMILES string of the molecule is O=C(Nc1ccc(F)cc1)c1ccc(N2C(=O)[C@@H]3[C@H]4CC[C@@H](C4)[C@@H]3C2=O)cc1. The summed E-state index contributed by atoms with van der Waals surface area (Å²) in [6.45, 7) is 0. The van der Waals surface area contributed by atoms with Gasteiger partial charge in [0.2, 0.25) is 11.8 Å². The van der Waals surface area contributed by atoms with E-state index in [1.165, 1.54) is 29.2 Å². The fraction of sp³-hybridized carbons (Fsp3) is 0.318. The molecule has 5 rings (SSSR count). The number of carbonyl (C=O) groups is 3. The van der Waals surface area contributed by atoms with E-state index >= 15 is 0 Å². The van der Waals surface area contributed by atoms with Gasteiger partial charge in [-0.05, 0) is 79.6 Å². The Morgan fingerprint density at radius 3 is 2.04 bits per heavy atom. The molecule has 2 bridgehead atoms. The molecule has 1 aliphatic heterocycles. The molecule has 3 aliphatic rings. The summed E-state index contributed by atoms with van der Waals surface area (Å²) in [5.41, 5.74) is 1.40. The number of imide groups is 1. The Morgan fingerprint density at radius 1 is 0.893 bits per heavy atom. The molecule has 0 aromatic heterocycles. The largest absolute Gasteiger partial charge is 0.322 e. The van der Waals surface area contributed by atoms with Gasteiger partial charge in [0.05, 0.1) is 17.5 Å². The van der Waals surface area contributed by atoms with Gasteiger partial charge in [0.1, 0.15) is 5.82 Å². The first-order valence-electron chi connectivity index (χ1n) is 9.58. The number of amides is 3. The molecule has 1 heterocycles. The molecule has 2 aromatic rings. The first kappa shape index (κ1) is 17.1. The predicted octanol–water partition coefficient (Wildman–Crippen LogP) is 3.61. The summed E-state index contributed by atoms with van der Waals surface area (Å²) in [6, 6.07) is 12.0. The lowest BCUT2D eigenvalue weighted by atomic mass is 9.81. The van der Waals surface area contributed by atoms with E-state index in [1.807, 2.05) is 0 Å². The smallest absolute Gasteiger partial charge is 0.255 e. The Hall–Kier alpha value is -3.02. The van der Waals surface area contributed by atoms with Crippen LogP contribution in [0.5, 0.6) is 0 Å². The predicted molar refractivity (Wildman–Crippen MR) is 101 cm³/mol. The highest BCUT2D eigenvalue weighted by molar-refractivity contribution is 6.22. The van der Waals surface area contributed by atoms with Crippen molar-refractivity contribution in [1.82, 2.24) is 0 Å². The summed E-state index contributed by atoms with van der Waals surface area (Å²) >= 11 is 0. The Balaban J connectivity index is 1.34. The standard InChI is InChI=1S/C22H19FN2O3/c23-15-5-7-16(8-6-15)24-20(26)12-3-9-17(10-4-12)25-21(27)18-13-1-2-14(11-13)19(18)22(25)28/h3-10,13-14,18-19H,1-2,11H2,(H,24,26)/t13-,14-,18-,19+/m0/s1. The van der Waals surface area contributed by atoms with Crippen LogP contribution in [0.15, 0.2) is 48.5 Å². The average molecular weight is 378 g/mol. The third kappa shape index (κ3) is 2.55. The number of fused-ring (bicyclic) bond motifs is 5. The molecule has 0 unspecified atom stereocenters. The highest BCUT2D eigenvalue weighted by Crippen LogP contribution is 2.56. The minimum atomic E-state index is -0.375. The van der Waals surface area contributed by atoms with Crippen molar-refractivity contribution in [2.24, 2.45) is 23.7 Å². The van der Waals surface area contributed by atoms with Crippen LogP contribution in [0.2, 0.25) is 0 Å². The number of hydrogen-bond acceptors (Lipinski definition) is 3. The number of benzene rings is 2. The van der Waals surface area contributed by atoms with Crippen molar-refractivity contribution in [2.45, 2.75) is 19.3 Å². The quantitative estimate of drug-likeness (QED) is 0.830. The minimum absolute atomic E-state index is 0.0919. The highest BCUT2D eigenvalue weighted by Gasteiger charge is 2.61. The van der Waals surface area contributed by atoms with Crippen LogP contribution in [0.25, 0.3) is 0 Å². The highest BCUT2D eigenvalue weighted by atomic mass is 19.1. The van der Waals surface area contributed by atoms with Gasteiger partial charge in [0.25, 0.3) is 5.91 Å². The van der Waals surface area contributed by atoms with E-state index in [4.69, 9.17) is 0 Å². The van der Waals surface area contributed by atoms with Crippen LogP contribution in [0.4, 0.5) is 15.8 Å². The van der Waals surface area contributed by atoms with Gasteiger partial charge in [0, 0.05) is 11.3 Å². The van der Waals surface area contributed by atoms with Crippen molar-refractivity contribution in [1.29, 1.82) is 0 Å². The molecule has 1 N–H and O–H groups in total. The van der Waals surface area contributed by atoms with Gasteiger partial charge in [-0.1, -0.05) is 0 Å². The van der Waals surface area contributed by atoms with E-state index in [2.05, 4.69) is 5.32 Å². The molecule has 28 heavy (non-hydrogen) atoms. The van der Waals surface area contributed by atoms with E-state index in [9.17, 15) is 18.8 Å². The fourth-order valence-corrected chi connectivity index (χ4v) is 5.16. The normalized spacial score (nSPS) is 28.0. The number of nitrogens with one attached hydrogen (secondary N) is 1. The van der Waals surface area contributed by atoms with Crippen molar-refractivity contribution in [3.05, 3.63) is 59.9 Å². The van der Waals surface area contributed by atoms with Crippen LogP contribution >= 0.6 is 0 Å². The second kappa shape index (κ2) is 6.26. The Bertz CT molecular complexity index is 942. The van der Waals surface area contributed by atoms with E-state index in [0.29, 0.717) is 28.8 Å². The van der Waals surface area contributed by atoms with Crippen molar-refractivity contribution in [2.75, 3.05) is 10.2 Å². The van der Waals surface area contributed by atoms with Gasteiger partial charge >= 0.3 is 0 Å². The van der Waals surface area contributed by atoms with Crippen molar-refractivity contribution in [3.63, 3.8) is 0 Å². The maximum absolute atomic E-state index is 13.0. The monoisotopic (exact) mass is 378 g/mol. The molecular weight excluding hydrogens is 359 g/mol. The molecule has 5 nitrogen and oxygen atoms in total.